The molecule has 0 radical (unpaired) electrons. The van der Waals surface area contributed by atoms with E-state index in [1.807, 2.05) is 66.9 Å². The maximum Gasteiger partial charge on any atom is 0.243 e. The summed E-state index contributed by atoms with van der Waals surface area (Å²) in [5.74, 6) is -1.04. The molecule has 4 aromatic rings. The van der Waals surface area contributed by atoms with E-state index in [4.69, 9.17) is 4.74 Å². The van der Waals surface area contributed by atoms with E-state index in [-0.39, 0.29) is 30.9 Å². The molecule has 0 saturated carbocycles. The largest absolute Gasteiger partial charge is 0.394 e. The average Bonchev–Trinajstić information content (AvgIpc) is 3.64. The van der Waals surface area contributed by atoms with Gasteiger partial charge in [-0.2, -0.15) is 0 Å². The fourth-order valence-electron chi connectivity index (χ4n) is 7.55. The van der Waals surface area contributed by atoms with Gasteiger partial charge in [-0.05, 0) is 53.3 Å². The normalized spacial score (nSPS) is 18.7. The second-order valence-corrected chi connectivity index (χ2v) is 30.7. The molecule has 53 heavy (non-hydrogen) atoms. The zero-order chi connectivity index (χ0) is 39.0. The number of fused-ring (bicyclic) bond motifs is 1. The van der Waals surface area contributed by atoms with Crippen LogP contribution in [0.3, 0.4) is 0 Å². The Hall–Kier alpha value is -2.99. The van der Waals surface area contributed by atoms with E-state index in [1.54, 1.807) is 12.3 Å². The van der Waals surface area contributed by atoms with E-state index >= 15 is 0 Å². The minimum Gasteiger partial charge on any atom is -0.394 e. The molecule has 11 nitrogen and oxygen atoms in total. The predicted octanol–water partition coefficient (Wildman–Crippen LogP) is 5.40. The van der Waals surface area contributed by atoms with Crippen LogP contribution in [-0.4, -0.2) is 105 Å². The van der Waals surface area contributed by atoms with Crippen molar-refractivity contribution in [2.75, 3.05) is 37.5 Å². The first-order valence-electron chi connectivity index (χ1n) is 18.8. The van der Waals surface area contributed by atoms with Gasteiger partial charge in [0.05, 0.1) is 42.1 Å². The number of amides is 1. The summed E-state index contributed by atoms with van der Waals surface area (Å²) < 4.78 is 37.7. The van der Waals surface area contributed by atoms with Crippen molar-refractivity contribution in [3.63, 3.8) is 0 Å². The number of anilines is 1. The molecule has 1 aliphatic rings. The van der Waals surface area contributed by atoms with Gasteiger partial charge in [-0.25, -0.2) is 12.4 Å². The van der Waals surface area contributed by atoms with E-state index in [9.17, 15) is 28.5 Å². The molecular weight excluding hydrogens is 725 g/mol. The number of nitrogens with zero attached hydrogens (tertiary/aromatic N) is 3. The monoisotopic (exact) mass is 784 g/mol. The number of para-hydroxylation sites is 1. The lowest BCUT2D eigenvalue weighted by Crippen LogP contribution is -2.52. The quantitative estimate of drug-likeness (QED) is 0.0927. The molecule has 2 aromatic heterocycles. The Morgan fingerprint density at radius 2 is 1.64 bits per heavy atom. The maximum atomic E-state index is 14.0. The molecule has 0 spiro atoms. The number of aromatic nitrogens is 2. The van der Waals surface area contributed by atoms with Gasteiger partial charge < -0.3 is 34.8 Å². The van der Waals surface area contributed by atoms with Crippen LogP contribution in [0.15, 0.2) is 48.8 Å². The number of rotatable bonds is 15. The van der Waals surface area contributed by atoms with Crippen molar-refractivity contribution < 1.29 is 33.3 Å². The van der Waals surface area contributed by atoms with Crippen molar-refractivity contribution in [3.05, 3.63) is 65.5 Å². The van der Waals surface area contributed by atoms with Crippen LogP contribution in [0.4, 0.5) is 5.69 Å². The Labute approximate surface area is 317 Å². The number of aliphatic hydroxyl groups is 3. The van der Waals surface area contributed by atoms with Gasteiger partial charge in [-0.15, -0.1) is 0 Å². The summed E-state index contributed by atoms with van der Waals surface area (Å²) in [5.41, 5.74) is 4.29. The summed E-state index contributed by atoms with van der Waals surface area (Å²) in [5, 5.41) is 37.5. The van der Waals surface area contributed by atoms with Gasteiger partial charge in [0.15, 0.2) is 0 Å². The van der Waals surface area contributed by atoms with Crippen molar-refractivity contribution in [2.45, 2.75) is 102 Å². The van der Waals surface area contributed by atoms with Gasteiger partial charge in [-0.1, -0.05) is 77.4 Å². The summed E-state index contributed by atoms with van der Waals surface area (Å²) in [6.07, 6.45) is 2.72. The number of nitrogens with one attached hydrogen (secondary N) is 1. The second kappa shape index (κ2) is 16.0. The minimum absolute atomic E-state index is 0.0100. The van der Waals surface area contributed by atoms with Crippen LogP contribution < -0.4 is 10.2 Å². The van der Waals surface area contributed by atoms with Crippen LogP contribution in [0.2, 0.25) is 51.4 Å². The summed E-state index contributed by atoms with van der Waals surface area (Å²) in [6.45, 7) is 17.4. The summed E-state index contributed by atoms with van der Waals surface area (Å²) in [6, 6.07) is 11.7. The van der Waals surface area contributed by atoms with Crippen LogP contribution in [0.25, 0.3) is 21.8 Å². The molecule has 292 valence electrons. The van der Waals surface area contributed by atoms with Crippen molar-refractivity contribution in [1.29, 1.82) is 0 Å². The molecule has 2 aromatic carbocycles. The van der Waals surface area contributed by atoms with Crippen LogP contribution in [0.1, 0.15) is 36.5 Å². The molecule has 0 aliphatic carbocycles. The molecule has 0 unspecified atom stereocenters. The van der Waals surface area contributed by atoms with Gasteiger partial charge >= 0.3 is 0 Å². The standard InChI is InChI=1S/C39H60N4O7SSi2/c1-26(2)37-39(47)40-28(23-44)20-27-21-42(25-50-16-18-52(4,5)6)38-30(14-15-33(35(27)38)41(37)3)36(34(46)24-45)31-22-43(32-13-11-10-12-29(31)32)51(48,49)17-19-53(7,8)9/h10-15,21-22,26,28,34,36-37,44-46H,16-20,23-25H2,1-9H3,(H,40,47)/t28-,34+,36+,37-/m0/s1. The predicted molar refractivity (Wildman–Crippen MR) is 220 cm³/mol. The van der Waals surface area contributed by atoms with Gasteiger partial charge in [0.2, 0.25) is 15.9 Å². The fourth-order valence-corrected chi connectivity index (χ4v) is 12.7. The third-order valence-electron chi connectivity index (χ3n) is 10.4. The van der Waals surface area contributed by atoms with E-state index in [2.05, 4.69) is 44.6 Å². The highest BCUT2D eigenvalue weighted by Gasteiger charge is 2.36. The third kappa shape index (κ3) is 8.95. The Morgan fingerprint density at radius 1 is 0.962 bits per heavy atom. The number of carbonyl (C=O) groups excluding carboxylic acids is 1. The van der Waals surface area contributed by atoms with Crippen molar-refractivity contribution in [1.82, 2.24) is 13.9 Å². The van der Waals surface area contributed by atoms with E-state index in [0.717, 1.165) is 28.2 Å². The lowest BCUT2D eigenvalue weighted by Gasteiger charge is -2.33. The van der Waals surface area contributed by atoms with Crippen molar-refractivity contribution in [3.8, 4) is 0 Å². The average molecular weight is 785 g/mol. The van der Waals surface area contributed by atoms with Gasteiger partial charge in [0.1, 0.15) is 12.8 Å². The minimum atomic E-state index is -3.76. The van der Waals surface area contributed by atoms with Crippen LogP contribution >= 0.6 is 0 Å². The number of likely N-dealkylation sites (N-methyl/N-ethyl adjacent to an activating group) is 1. The van der Waals surface area contributed by atoms with Crippen molar-refractivity contribution >= 4 is 59.6 Å². The number of hydrogen-bond donors (Lipinski definition) is 4. The first-order valence-corrected chi connectivity index (χ1v) is 27.8. The second-order valence-electron chi connectivity index (χ2n) is 17.5. The molecule has 0 fully saturated rings. The topological polar surface area (TPSA) is 146 Å². The smallest absolute Gasteiger partial charge is 0.243 e. The summed E-state index contributed by atoms with van der Waals surface area (Å²) in [4.78, 5) is 15.6. The molecule has 1 aliphatic heterocycles. The van der Waals surface area contributed by atoms with E-state index in [1.165, 1.54) is 3.97 Å². The Bertz CT molecular complexity index is 2030. The first kappa shape index (κ1) is 41.2. The van der Waals surface area contributed by atoms with E-state index in [0.29, 0.717) is 41.1 Å². The summed E-state index contributed by atoms with van der Waals surface area (Å²) >= 11 is 0. The van der Waals surface area contributed by atoms with Gasteiger partial charge in [0, 0.05) is 64.6 Å². The molecule has 0 bridgehead atoms. The lowest BCUT2D eigenvalue weighted by molar-refractivity contribution is -0.124. The number of benzene rings is 2. The van der Waals surface area contributed by atoms with Crippen molar-refractivity contribution in [2.24, 2.45) is 5.92 Å². The molecule has 14 heteroatoms. The molecule has 0 saturated heterocycles. The number of carbonyl (C=O) groups is 1. The van der Waals surface area contributed by atoms with E-state index < -0.39 is 56.9 Å². The molecule has 1 amide bonds. The zero-order valence-corrected chi connectivity index (χ0v) is 35.7. The highest BCUT2D eigenvalue weighted by atomic mass is 32.2. The first-order chi connectivity index (χ1) is 24.8. The van der Waals surface area contributed by atoms with Gasteiger partial charge in [0.25, 0.3) is 0 Å². The lowest BCUT2D eigenvalue weighted by atomic mass is 9.84. The summed E-state index contributed by atoms with van der Waals surface area (Å²) in [7, 11) is -4.92. The maximum absolute atomic E-state index is 14.0. The zero-order valence-electron chi connectivity index (χ0n) is 32.9. The molecule has 3 heterocycles. The number of hydrogen-bond acceptors (Lipinski definition) is 8. The van der Waals surface area contributed by atoms with Crippen LogP contribution in [-0.2, 0) is 32.7 Å². The van der Waals surface area contributed by atoms with Crippen LogP contribution in [0, 0.1) is 5.92 Å². The molecule has 4 atom stereocenters. The SMILES string of the molecule is CC(C)[C@H]1C(=O)N[C@H](CO)Cc2cn(COCC[Si](C)(C)C)c3c([C@H](c4cn(S(=O)(=O)CC[Si](C)(C)C)c5ccccc45)[C@H](O)CO)ccc(c23)N1C. The number of aliphatic hydroxyl groups excluding tert-OH is 3. The fraction of sp³-hybridized carbons (Fsp3) is 0.564. The highest BCUT2D eigenvalue weighted by molar-refractivity contribution is 7.90. The van der Waals surface area contributed by atoms with Crippen LogP contribution in [0.5, 0.6) is 0 Å². The van der Waals surface area contributed by atoms with Gasteiger partial charge in [-0.3, -0.25) is 4.79 Å². The molecule has 4 N–H and O–H groups in total. The third-order valence-corrected chi connectivity index (χ3v) is 15.9. The molecule has 5 rings (SSSR count). The Balaban J connectivity index is 1.80. The Kier molecular flexibility index (Phi) is 12.4. The Morgan fingerprint density at radius 3 is 2.26 bits per heavy atom. The highest BCUT2D eigenvalue weighted by Crippen LogP contribution is 2.43. The molecular formula is C39H60N4O7SSi2. The number of ether oxygens (including phenoxy) is 1.